The Morgan fingerprint density at radius 1 is 0.206 bits per heavy atom. The molecule has 8 heteroatoms. The van der Waals surface area contributed by atoms with Crippen LogP contribution < -0.4 is 19.6 Å². The summed E-state index contributed by atoms with van der Waals surface area (Å²) in [6.45, 7) is 11.4. The third-order valence-electron chi connectivity index (χ3n) is 28.0. The van der Waals surface area contributed by atoms with Crippen molar-refractivity contribution < 1.29 is 0 Å². The maximum absolute atomic E-state index is 2.58. The number of aryl methyl sites for hydroxylation is 2. The number of nitrogens with zero attached hydrogens (tertiary/aromatic N) is 8. The van der Waals surface area contributed by atoms with Crippen LogP contribution in [0.5, 0.6) is 0 Å². The smallest absolute Gasteiger partial charge is 0.0641 e. The van der Waals surface area contributed by atoms with Crippen LogP contribution >= 0.6 is 0 Å². The Hall–Kier alpha value is -15.6. The van der Waals surface area contributed by atoms with Crippen LogP contribution in [0.2, 0.25) is 0 Å². The van der Waals surface area contributed by atoms with Gasteiger partial charge in [0, 0.05) is 132 Å². The van der Waals surface area contributed by atoms with Gasteiger partial charge in [0.2, 0.25) is 0 Å². The minimum absolute atomic E-state index is 0.196. The number of fused-ring (bicyclic) bond motifs is 24. The van der Waals surface area contributed by atoms with E-state index in [2.05, 4.69) is 454 Å². The van der Waals surface area contributed by atoms with E-state index in [1.165, 1.54) is 180 Å². The highest BCUT2D eigenvalue weighted by molar-refractivity contribution is 6.35. The highest BCUT2D eigenvalue weighted by atomic mass is 15.2. The number of aromatic nitrogens is 4. The fourth-order valence-corrected chi connectivity index (χ4v) is 22.1. The number of hydrogen-bond donors (Lipinski definition) is 0. The summed E-state index contributed by atoms with van der Waals surface area (Å²) in [5, 5.41) is 19.9. The van der Waals surface area contributed by atoms with Crippen molar-refractivity contribution in [1.82, 2.24) is 17.6 Å². The van der Waals surface area contributed by atoms with Crippen molar-refractivity contribution in [3.8, 4) is 0 Å². The zero-order valence-electron chi connectivity index (χ0n) is 70.7. The van der Waals surface area contributed by atoms with E-state index < -0.39 is 0 Å². The molecule has 0 amide bonds. The molecule has 0 aliphatic rings. The standard InChI is InChI=1S/C118H86N8/c1-6-74-42-50-82(51-43-74)119(79-27-11-8-12-28-79)103-62-58-87-97-70-110-98(71-109(97)123-99-38-21-17-34-91(99)111(103)115(87)123)90-61-65-106(114-94-37-20-24-41-102(94)126(110)118(90)114)122(83-52-44-75(7-2)45-53-83)86-33-25-26-76(67-86)66-73(5)78-48-56-85(57-49-78)121(81-31-15-10-16-32-81)105-64-60-89-96-69-107-95(68-108(96)125-101-40-23-19-36-93(101)113(105)117(89)125)88-59-63-104(112-92-35-18-22-39-100(92)124(107)116(88)112)120(80-29-13-9-14-30-80)84-54-46-77(47-55-84)72(3)4/h8-65,67-73H,6-7,66H2,1-5H3. The summed E-state index contributed by atoms with van der Waals surface area (Å²) in [6, 6.07) is 145. The molecule has 8 aromatic heterocycles. The lowest BCUT2D eigenvalue weighted by atomic mass is 9.93. The van der Waals surface area contributed by atoms with Gasteiger partial charge in [-0.25, -0.2) is 0 Å². The summed E-state index contributed by atoms with van der Waals surface area (Å²) >= 11 is 0. The van der Waals surface area contributed by atoms with Gasteiger partial charge in [-0.3, -0.25) is 0 Å². The molecule has 0 radical (unpaired) electrons. The Bertz CT molecular complexity index is 8800. The molecule has 0 N–H and O–H groups in total. The number of anilines is 12. The van der Waals surface area contributed by atoms with Crippen molar-refractivity contribution in [2.24, 2.45) is 0 Å². The Kier molecular flexibility index (Phi) is 15.8. The third-order valence-corrected chi connectivity index (χ3v) is 28.0. The van der Waals surface area contributed by atoms with E-state index >= 15 is 0 Å². The Balaban J connectivity index is 0.566. The monoisotopic (exact) mass is 1610 g/mol. The van der Waals surface area contributed by atoms with E-state index in [1.54, 1.807) is 0 Å². The summed E-state index contributed by atoms with van der Waals surface area (Å²) in [4.78, 5) is 9.92. The average molecular weight is 1620 g/mol. The first-order valence-electron chi connectivity index (χ1n) is 44.7. The molecule has 0 aliphatic carbocycles. The molecule has 8 nitrogen and oxygen atoms in total. The summed E-state index contributed by atoms with van der Waals surface area (Å²) in [7, 11) is 0. The lowest BCUT2D eigenvalue weighted by molar-refractivity contribution is 0.759. The molecule has 0 spiro atoms. The van der Waals surface area contributed by atoms with Crippen molar-refractivity contribution in [2.75, 3.05) is 19.6 Å². The van der Waals surface area contributed by atoms with Gasteiger partial charge < -0.3 is 37.2 Å². The first kappa shape index (κ1) is 72.0. The molecule has 1 atom stereocenters. The first-order chi connectivity index (χ1) is 62.2. The van der Waals surface area contributed by atoms with E-state index in [-0.39, 0.29) is 5.92 Å². The van der Waals surface area contributed by atoms with Gasteiger partial charge in [-0.05, 0) is 229 Å². The SMILES string of the molecule is CCc1ccc(N(c2ccccc2)c2ccc3c4cc5c(cc4n4c6ccccc6c2c34)c2ccc(N(c3ccc(CC)cc3)c3cccc(CC(C)c4ccc(N(c6ccccc6)c6ccc7c8cc9c(cc8n8c%10ccccc%10c6c78)c6ccc(N(c7ccccc7)c7ccc(C(C)C)cc7)c7c8ccccc8n9c67)cc4)c3)c3c4ccccc4n5c23)cc1. The minimum Gasteiger partial charge on any atom is -0.310 e. The van der Waals surface area contributed by atoms with Gasteiger partial charge >= 0.3 is 0 Å². The summed E-state index contributed by atoms with van der Waals surface area (Å²) in [5.74, 6) is 0.630. The Morgan fingerprint density at radius 3 is 0.786 bits per heavy atom. The topological polar surface area (TPSA) is 30.6 Å². The molecule has 18 aromatic carbocycles. The summed E-state index contributed by atoms with van der Waals surface area (Å²) < 4.78 is 10.3. The minimum atomic E-state index is 0.196. The molecule has 0 saturated heterocycles. The quantitative estimate of drug-likeness (QED) is 0.0857. The summed E-state index contributed by atoms with van der Waals surface area (Å²) in [5.41, 5.74) is 34.8. The molecule has 126 heavy (non-hydrogen) atoms. The molecule has 0 aliphatic heterocycles. The molecule has 26 rings (SSSR count). The maximum Gasteiger partial charge on any atom is 0.0641 e. The highest BCUT2D eigenvalue weighted by Crippen LogP contribution is 2.56. The van der Waals surface area contributed by atoms with Gasteiger partial charge in [-0.1, -0.05) is 247 Å². The number of para-hydroxylation sites is 7. The van der Waals surface area contributed by atoms with E-state index in [1.807, 2.05) is 0 Å². The normalized spacial score (nSPS) is 12.6. The Morgan fingerprint density at radius 2 is 0.476 bits per heavy atom. The predicted octanol–water partition coefficient (Wildman–Crippen LogP) is 32.8. The number of hydrogen-bond acceptors (Lipinski definition) is 4. The summed E-state index contributed by atoms with van der Waals surface area (Å²) in [6.07, 6.45) is 2.80. The lowest BCUT2D eigenvalue weighted by Crippen LogP contribution is -2.11. The zero-order chi connectivity index (χ0) is 83.4. The van der Waals surface area contributed by atoms with Gasteiger partial charge in [0.1, 0.15) is 0 Å². The maximum atomic E-state index is 2.58. The van der Waals surface area contributed by atoms with Gasteiger partial charge in [-0.2, -0.15) is 0 Å². The van der Waals surface area contributed by atoms with E-state index in [9.17, 15) is 0 Å². The van der Waals surface area contributed by atoms with Crippen LogP contribution in [-0.4, -0.2) is 17.6 Å². The van der Waals surface area contributed by atoms with Crippen molar-refractivity contribution in [3.05, 3.63) is 410 Å². The third kappa shape index (κ3) is 10.4. The number of benzene rings is 18. The Labute approximate surface area is 728 Å². The van der Waals surface area contributed by atoms with Crippen molar-refractivity contribution in [1.29, 1.82) is 0 Å². The van der Waals surface area contributed by atoms with Crippen LogP contribution in [-0.2, 0) is 19.3 Å². The van der Waals surface area contributed by atoms with Crippen LogP contribution in [0.3, 0.4) is 0 Å². The van der Waals surface area contributed by atoms with E-state index in [0.29, 0.717) is 5.92 Å². The van der Waals surface area contributed by atoms with Crippen LogP contribution in [0.25, 0.3) is 152 Å². The van der Waals surface area contributed by atoms with E-state index in [0.717, 1.165) is 87.5 Å². The highest BCUT2D eigenvalue weighted by Gasteiger charge is 2.33. The fourth-order valence-electron chi connectivity index (χ4n) is 22.1. The molecular formula is C118H86N8. The predicted molar refractivity (Wildman–Crippen MR) is 535 cm³/mol. The van der Waals surface area contributed by atoms with Crippen LogP contribution in [0, 0.1) is 0 Å². The van der Waals surface area contributed by atoms with Gasteiger partial charge in [0.05, 0.1) is 88.9 Å². The second-order valence-corrected chi connectivity index (χ2v) is 35.1. The van der Waals surface area contributed by atoms with Crippen molar-refractivity contribution >= 4 is 221 Å². The van der Waals surface area contributed by atoms with Gasteiger partial charge in [0.25, 0.3) is 0 Å². The number of rotatable bonds is 18. The zero-order valence-corrected chi connectivity index (χ0v) is 70.7. The molecule has 598 valence electrons. The second kappa shape index (κ2) is 27.7. The van der Waals surface area contributed by atoms with Crippen LogP contribution in [0.15, 0.2) is 382 Å². The largest absolute Gasteiger partial charge is 0.310 e. The first-order valence-corrected chi connectivity index (χ1v) is 44.7. The molecule has 8 heterocycles. The lowest BCUT2D eigenvalue weighted by Gasteiger charge is -2.28. The van der Waals surface area contributed by atoms with Crippen molar-refractivity contribution in [3.63, 3.8) is 0 Å². The van der Waals surface area contributed by atoms with Crippen LogP contribution in [0.4, 0.5) is 68.2 Å². The van der Waals surface area contributed by atoms with Crippen molar-refractivity contribution in [2.45, 2.75) is 65.7 Å². The average Bonchev–Trinajstić information content (AvgIpc) is 1.52. The second-order valence-electron chi connectivity index (χ2n) is 35.1. The van der Waals surface area contributed by atoms with Gasteiger partial charge in [-0.15, -0.1) is 0 Å². The fraction of sp³-hybridized carbons (Fsp3) is 0.0847. The van der Waals surface area contributed by atoms with Crippen LogP contribution in [0.1, 0.15) is 74.3 Å². The van der Waals surface area contributed by atoms with E-state index in [4.69, 9.17) is 0 Å². The molecule has 0 fully saturated rings. The molecular weight excluding hydrogens is 1530 g/mol. The molecule has 1 unspecified atom stereocenters. The molecule has 0 bridgehead atoms. The van der Waals surface area contributed by atoms with Gasteiger partial charge in [0.15, 0.2) is 0 Å². The molecule has 26 aromatic rings. The molecule has 0 saturated carbocycles.